The summed E-state index contributed by atoms with van der Waals surface area (Å²) in [6.45, 7) is 4.56. The summed E-state index contributed by atoms with van der Waals surface area (Å²) in [5.41, 5.74) is 0. The molecule has 174 valence electrons. The standard InChI is InChI=1S/C13H28.C4H6O10S2.Na/c1-3-5-7-9-11-13-12-10-8-6-4-2;5-2(6)1-4(3(7)8,15(9,10)11)16(12,13)14;/h3-13H2,1-2H3;1H2,(H,5,6)(H,7,8)(H,9,10,11)(H,12,13,14);/q;;+1/p-2. The molecule has 0 atom stereocenters. The number of rotatable bonds is 15. The average Bonchev–Trinajstić information content (AvgIpc) is 2.56. The van der Waals surface area contributed by atoms with E-state index in [0.29, 0.717) is 0 Å². The van der Waals surface area contributed by atoms with Crippen LogP contribution in [0, 0.1) is 0 Å². The Hall–Kier alpha value is -0.240. The van der Waals surface area contributed by atoms with Gasteiger partial charge in [-0.05, 0) is 0 Å². The smallest absolute Gasteiger partial charge is 0.550 e. The maximum absolute atomic E-state index is 10.6. The predicted octanol–water partition coefficient (Wildman–Crippen LogP) is -2.33. The van der Waals surface area contributed by atoms with Crippen LogP contribution in [0.3, 0.4) is 0 Å². The Morgan fingerprint density at radius 3 is 1.10 bits per heavy atom. The summed E-state index contributed by atoms with van der Waals surface area (Å²) in [5, 5.41) is 20.4. The first-order valence-electron chi connectivity index (χ1n) is 9.63. The van der Waals surface area contributed by atoms with Gasteiger partial charge in [0.1, 0.15) is 0 Å². The Labute approximate surface area is 201 Å². The van der Waals surface area contributed by atoms with E-state index in [4.69, 9.17) is 9.11 Å². The minimum absolute atomic E-state index is 0. The predicted molar refractivity (Wildman–Crippen MR) is 103 cm³/mol. The molecule has 13 heteroatoms. The molecule has 0 radical (unpaired) electrons. The third kappa shape index (κ3) is 13.2. The Kier molecular flexibility index (Phi) is 19.9. The van der Waals surface area contributed by atoms with Gasteiger partial charge in [0.05, 0.1) is 5.97 Å². The van der Waals surface area contributed by atoms with Crippen LogP contribution in [0.1, 0.15) is 90.9 Å². The normalized spacial score (nSPS) is 11.7. The van der Waals surface area contributed by atoms with Crippen LogP contribution in [-0.2, 0) is 29.8 Å². The summed E-state index contributed by atoms with van der Waals surface area (Å²) < 4.78 is 54.7. The first kappa shape index (κ1) is 34.4. The second-order valence-electron chi connectivity index (χ2n) is 6.72. The minimum Gasteiger partial charge on any atom is -0.550 e. The van der Waals surface area contributed by atoms with Crippen LogP contribution in [0.2, 0.25) is 0 Å². The third-order valence-electron chi connectivity index (χ3n) is 4.23. The molecule has 0 aliphatic carbocycles. The molecule has 0 saturated carbocycles. The van der Waals surface area contributed by atoms with Crippen LogP contribution < -0.4 is 39.8 Å². The van der Waals surface area contributed by atoms with E-state index in [1.165, 1.54) is 70.6 Å². The van der Waals surface area contributed by atoms with E-state index in [2.05, 4.69) is 13.8 Å². The molecule has 0 amide bonds. The first-order valence-corrected chi connectivity index (χ1v) is 12.5. The molecule has 0 aromatic carbocycles. The Morgan fingerprint density at radius 1 is 0.700 bits per heavy atom. The van der Waals surface area contributed by atoms with Gasteiger partial charge in [-0.15, -0.1) is 0 Å². The molecule has 0 aromatic heterocycles. The maximum atomic E-state index is 10.6. The van der Waals surface area contributed by atoms with Crippen molar-refractivity contribution in [1.29, 1.82) is 0 Å². The van der Waals surface area contributed by atoms with Crippen LogP contribution >= 0.6 is 0 Å². The van der Waals surface area contributed by atoms with Gasteiger partial charge < -0.3 is 19.8 Å². The number of unbranched alkanes of at least 4 members (excludes halogenated alkanes) is 10. The van der Waals surface area contributed by atoms with E-state index in [-0.39, 0.29) is 29.6 Å². The van der Waals surface area contributed by atoms with Crippen molar-refractivity contribution >= 4 is 32.2 Å². The number of aliphatic carboxylic acids is 2. The quantitative estimate of drug-likeness (QED) is 0.145. The van der Waals surface area contributed by atoms with Gasteiger partial charge in [-0.2, -0.15) is 16.8 Å². The Bertz CT molecular complexity index is 647. The average molecular weight is 484 g/mol. The molecular formula is C17H32NaO10S2-. The summed E-state index contributed by atoms with van der Waals surface area (Å²) >= 11 is 0. The van der Waals surface area contributed by atoms with Crippen molar-refractivity contribution in [1.82, 2.24) is 0 Å². The molecule has 0 unspecified atom stereocenters. The minimum atomic E-state index is -6.00. The fraction of sp³-hybridized carbons (Fsp3) is 0.882. The molecule has 10 nitrogen and oxygen atoms in total. The van der Waals surface area contributed by atoms with Gasteiger partial charge in [0, 0.05) is 12.4 Å². The largest absolute Gasteiger partial charge is 1.00 e. The van der Waals surface area contributed by atoms with Gasteiger partial charge in [0.25, 0.3) is 24.3 Å². The molecule has 0 aliphatic rings. The zero-order valence-corrected chi connectivity index (χ0v) is 21.6. The zero-order chi connectivity index (χ0) is 23.1. The molecule has 0 heterocycles. The number of carbonyl (C=O) groups is 2. The van der Waals surface area contributed by atoms with E-state index in [0.717, 1.165) is 0 Å². The van der Waals surface area contributed by atoms with Crippen LogP contribution in [-0.4, -0.2) is 42.0 Å². The van der Waals surface area contributed by atoms with E-state index < -0.39 is 42.7 Å². The molecule has 2 N–H and O–H groups in total. The molecule has 30 heavy (non-hydrogen) atoms. The number of carboxylic acid groups (broad SMARTS) is 2. The molecule has 0 saturated heterocycles. The number of carbonyl (C=O) groups excluding carboxylic acids is 2. The Morgan fingerprint density at radius 2 is 0.967 bits per heavy atom. The third-order valence-corrected chi connectivity index (χ3v) is 7.78. The topological polar surface area (TPSA) is 189 Å². The number of hydrogen-bond donors (Lipinski definition) is 2. The van der Waals surface area contributed by atoms with Gasteiger partial charge >= 0.3 is 29.6 Å². The van der Waals surface area contributed by atoms with Crippen molar-refractivity contribution in [2.24, 2.45) is 0 Å². The van der Waals surface area contributed by atoms with E-state index >= 15 is 0 Å². The van der Waals surface area contributed by atoms with Crippen molar-refractivity contribution in [3.8, 4) is 0 Å². The first-order chi connectivity index (χ1) is 13.3. The fourth-order valence-electron chi connectivity index (χ4n) is 2.53. The number of carboxylic acids is 2. The van der Waals surface area contributed by atoms with Gasteiger partial charge in [-0.3, -0.25) is 9.11 Å². The van der Waals surface area contributed by atoms with Crippen LogP contribution in [0.15, 0.2) is 0 Å². The molecule has 0 aromatic rings. The van der Waals surface area contributed by atoms with Crippen molar-refractivity contribution in [2.75, 3.05) is 0 Å². The van der Waals surface area contributed by atoms with Crippen molar-refractivity contribution < 1.29 is 75.3 Å². The van der Waals surface area contributed by atoms with Crippen molar-refractivity contribution in [3.63, 3.8) is 0 Å². The van der Waals surface area contributed by atoms with Crippen molar-refractivity contribution in [2.45, 2.75) is 95.0 Å². The molecule has 0 bridgehead atoms. The maximum Gasteiger partial charge on any atom is 1.00 e. The van der Waals surface area contributed by atoms with Crippen LogP contribution in [0.25, 0.3) is 0 Å². The van der Waals surface area contributed by atoms with Gasteiger partial charge in [-0.1, -0.05) is 84.5 Å². The van der Waals surface area contributed by atoms with E-state index in [1.807, 2.05) is 0 Å². The summed E-state index contributed by atoms with van der Waals surface area (Å²) in [6.07, 6.45) is 13.7. The van der Waals surface area contributed by atoms with E-state index in [1.54, 1.807) is 0 Å². The van der Waals surface area contributed by atoms with Gasteiger partial charge in [0.2, 0.25) is 0 Å². The monoisotopic (exact) mass is 483 g/mol. The SMILES string of the molecule is CCCCCCCCCCCCC.O=C([O-])CC(C(=O)[O-])(S(=O)(=O)O)S(=O)(=O)O.[Na+]. The molecular weight excluding hydrogens is 451 g/mol. The van der Waals surface area contributed by atoms with Crippen LogP contribution in [0.5, 0.6) is 0 Å². The number of hydrogen-bond acceptors (Lipinski definition) is 8. The van der Waals surface area contributed by atoms with E-state index in [9.17, 15) is 36.6 Å². The van der Waals surface area contributed by atoms with Crippen molar-refractivity contribution in [3.05, 3.63) is 0 Å². The zero-order valence-electron chi connectivity index (χ0n) is 18.0. The fourth-order valence-corrected chi connectivity index (χ4v) is 4.61. The summed E-state index contributed by atoms with van der Waals surface area (Å²) in [6, 6.07) is 0. The van der Waals surface area contributed by atoms with Gasteiger partial charge in [0.15, 0.2) is 0 Å². The summed E-state index contributed by atoms with van der Waals surface area (Å²) in [7, 11) is -12.0. The van der Waals surface area contributed by atoms with Crippen LogP contribution in [0.4, 0.5) is 0 Å². The molecule has 0 aliphatic heterocycles. The summed E-state index contributed by atoms with van der Waals surface area (Å²) in [5.74, 6) is -5.46. The second-order valence-corrected chi connectivity index (χ2v) is 10.3. The molecule has 0 spiro atoms. The molecule has 0 fully saturated rings. The Balaban J connectivity index is -0.000000480. The summed E-state index contributed by atoms with van der Waals surface area (Å²) in [4.78, 5) is 20.4. The second kappa shape index (κ2) is 17.3. The van der Waals surface area contributed by atoms with Gasteiger partial charge in [-0.25, -0.2) is 0 Å². The molecule has 0 rings (SSSR count).